The second-order valence-corrected chi connectivity index (χ2v) is 7.95. The number of aromatic nitrogens is 1. The fourth-order valence-electron chi connectivity index (χ4n) is 2.28. The molecule has 0 spiro atoms. The average Bonchev–Trinajstić information content (AvgIpc) is 3.08. The van der Waals surface area contributed by atoms with Crippen LogP contribution >= 0.6 is 11.3 Å². The first-order valence-corrected chi connectivity index (χ1v) is 8.94. The predicted molar refractivity (Wildman–Crippen MR) is 86.1 cm³/mol. The predicted octanol–water partition coefficient (Wildman–Crippen LogP) is 3.32. The summed E-state index contributed by atoms with van der Waals surface area (Å²) in [4.78, 5) is 3.31. The van der Waals surface area contributed by atoms with Gasteiger partial charge in [0, 0.05) is 23.1 Å². The summed E-state index contributed by atoms with van der Waals surface area (Å²) in [6.07, 6.45) is 0. The van der Waals surface area contributed by atoms with Crippen LogP contribution in [0.2, 0.25) is 0 Å². The largest absolute Gasteiger partial charge is 0.358 e. The monoisotopic (exact) mass is 320 g/mol. The smallest absolute Gasteiger partial charge is 0.250 e. The normalized spacial score (nSPS) is 12.1. The van der Waals surface area contributed by atoms with Gasteiger partial charge in [0.05, 0.1) is 0 Å². The molecule has 6 heteroatoms. The molecule has 1 aromatic carbocycles. The lowest BCUT2D eigenvalue weighted by Crippen LogP contribution is -2.22. The van der Waals surface area contributed by atoms with Crippen molar-refractivity contribution in [2.75, 3.05) is 0 Å². The van der Waals surface area contributed by atoms with E-state index in [4.69, 9.17) is 0 Å². The number of rotatable bonds is 4. The Morgan fingerprint density at radius 2 is 2.05 bits per heavy atom. The van der Waals surface area contributed by atoms with Crippen LogP contribution in [0.5, 0.6) is 0 Å². The lowest BCUT2D eigenvalue weighted by Gasteiger charge is -2.05. The molecule has 0 saturated heterocycles. The van der Waals surface area contributed by atoms with E-state index >= 15 is 0 Å². The fourth-order valence-corrected chi connectivity index (χ4v) is 4.34. The number of hydrogen-bond donors (Lipinski definition) is 2. The van der Waals surface area contributed by atoms with Crippen molar-refractivity contribution in [3.05, 3.63) is 52.5 Å². The van der Waals surface area contributed by atoms with E-state index in [1.54, 1.807) is 17.5 Å². The minimum Gasteiger partial charge on any atom is -0.358 e. The Bertz CT molecular complexity index is 878. The zero-order valence-corrected chi connectivity index (χ0v) is 13.4. The maximum Gasteiger partial charge on any atom is 0.250 e. The first kappa shape index (κ1) is 14.3. The third-order valence-corrected chi connectivity index (χ3v) is 6.40. The zero-order chi connectivity index (χ0) is 15.0. The van der Waals surface area contributed by atoms with Crippen molar-refractivity contribution in [2.45, 2.75) is 24.6 Å². The third kappa shape index (κ3) is 2.74. The molecule has 0 amide bonds. The summed E-state index contributed by atoms with van der Waals surface area (Å²) in [5.41, 5.74) is 4.37. The van der Waals surface area contributed by atoms with Gasteiger partial charge >= 0.3 is 0 Å². The van der Waals surface area contributed by atoms with Crippen LogP contribution in [-0.4, -0.2) is 13.4 Å². The molecular weight excluding hydrogens is 304 g/mol. The molecule has 3 aromatic rings. The molecule has 0 fully saturated rings. The molecule has 0 aliphatic heterocycles. The van der Waals surface area contributed by atoms with Crippen molar-refractivity contribution in [3.63, 3.8) is 0 Å². The number of thiophene rings is 1. The Hall–Kier alpha value is -1.63. The van der Waals surface area contributed by atoms with Gasteiger partial charge in [-0.15, -0.1) is 11.3 Å². The van der Waals surface area contributed by atoms with Crippen LogP contribution in [-0.2, 0) is 16.6 Å². The highest BCUT2D eigenvalue weighted by Gasteiger charge is 2.14. The summed E-state index contributed by atoms with van der Waals surface area (Å²) in [6, 6.07) is 9.30. The van der Waals surface area contributed by atoms with E-state index in [0.717, 1.165) is 22.2 Å². The van der Waals surface area contributed by atoms with E-state index in [-0.39, 0.29) is 0 Å². The van der Waals surface area contributed by atoms with Gasteiger partial charge in [0.2, 0.25) is 10.0 Å². The maximum absolute atomic E-state index is 12.1. The van der Waals surface area contributed by atoms with Crippen molar-refractivity contribution in [1.82, 2.24) is 9.71 Å². The molecule has 110 valence electrons. The summed E-state index contributed by atoms with van der Waals surface area (Å²) in [5.74, 6) is 0. The molecule has 0 unspecified atom stereocenters. The van der Waals surface area contributed by atoms with Crippen LogP contribution in [0.4, 0.5) is 0 Å². The summed E-state index contributed by atoms with van der Waals surface area (Å²) < 4.78 is 27.2. The highest BCUT2D eigenvalue weighted by molar-refractivity contribution is 7.91. The number of sulfonamides is 1. The van der Waals surface area contributed by atoms with Gasteiger partial charge in [0.1, 0.15) is 4.21 Å². The number of benzene rings is 1. The van der Waals surface area contributed by atoms with E-state index in [1.165, 1.54) is 16.9 Å². The number of fused-ring (bicyclic) bond motifs is 1. The first-order chi connectivity index (χ1) is 9.97. The molecule has 21 heavy (non-hydrogen) atoms. The van der Waals surface area contributed by atoms with Crippen molar-refractivity contribution >= 4 is 32.3 Å². The van der Waals surface area contributed by atoms with Crippen LogP contribution in [0.25, 0.3) is 10.9 Å². The number of aromatic amines is 1. The molecule has 4 nitrogen and oxygen atoms in total. The molecular formula is C15H16N2O2S2. The van der Waals surface area contributed by atoms with Gasteiger partial charge in [-0.1, -0.05) is 12.1 Å². The molecule has 0 aliphatic carbocycles. The van der Waals surface area contributed by atoms with Crippen molar-refractivity contribution in [3.8, 4) is 0 Å². The van der Waals surface area contributed by atoms with Gasteiger partial charge in [-0.05, 0) is 48.6 Å². The van der Waals surface area contributed by atoms with Crippen LogP contribution < -0.4 is 4.72 Å². The third-order valence-electron chi connectivity index (χ3n) is 3.60. The summed E-state index contributed by atoms with van der Waals surface area (Å²) in [7, 11) is -3.41. The van der Waals surface area contributed by atoms with E-state index in [9.17, 15) is 8.42 Å². The number of aryl methyl sites for hydroxylation is 2. The summed E-state index contributed by atoms with van der Waals surface area (Å²) in [5, 5.41) is 2.90. The van der Waals surface area contributed by atoms with E-state index < -0.39 is 10.0 Å². The van der Waals surface area contributed by atoms with Crippen LogP contribution in [0.3, 0.4) is 0 Å². The van der Waals surface area contributed by atoms with Gasteiger partial charge in [0.15, 0.2) is 0 Å². The summed E-state index contributed by atoms with van der Waals surface area (Å²) in [6.45, 7) is 4.39. The van der Waals surface area contributed by atoms with E-state index in [0.29, 0.717) is 10.8 Å². The Morgan fingerprint density at radius 3 is 2.76 bits per heavy atom. The molecule has 0 aliphatic rings. The zero-order valence-electron chi connectivity index (χ0n) is 11.8. The van der Waals surface area contributed by atoms with Crippen LogP contribution in [0, 0.1) is 13.8 Å². The average molecular weight is 320 g/mol. The highest BCUT2D eigenvalue weighted by Crippen LogP contribution is 2.23. The maximum atomic E-state index is 12.1. The Balaban J connectivity index is 1.84. The Morgan fingerprint density at radius 1 is 1.24 bits per heavy atom. The topological polar surface area (TPSA) is 62.0 Å². The summed E-state index contributed by atoms with van der Waals surface area (Å²) >= 11 is 1.22. The van der Waals surface area contributed by atoms with Crippen LogP contribution in [0.1, 0.15) is 16.8 Å². The number of H-pyrrole nitrogens is 1. The lowest BCUT2D eigenvalue weighted by atomic mass is 10.1. The molecule has 0 atom stereocenters. The van der Waals surface area contributed by atoms with Crippen molar-refractivity contribution < 1.29 is 8.42 Å². The lowest BCUT2D eigenvalue weighted by molar-refractivity contribution is 0.583. The standard InChI is InChI=1S/C15H16N2O2S2/c1-10-11(2)17-14-6-5-12(8-13(10)14)9-16-21(18,19)15-4-3-7-20-15/h3-8,16-17H,9H2,1-2H3. The minimum absolute atomic E-state index is 0.292. The molecule has 3 rings (SSSR count). The molecule has 2 aromatic heterocycles. The highest BCUT2D eigenvalue weighted by atomic mass is 32.2. The molecule has 2 N–H and O–H groups in total. The SMILES string of the molecule is Cc1[nH]c2ccc(CNS(=O)(=O)c3cccs3)cc2c1C. The Kier molecular flexibility index (Phi) is 3.61. The van der Waals surface area contributed by atoms with Crippen LogP contribution in [0.15, 0.2) is 39.9 Å². The van der Waals surface area contributed by atoms with Gasteiger partial charge < -0.3 is 4.98 Å². The van der Waals surface area contributed by atoms with E-state index in [2.05, 4.69) is 16.6 Å². The Labute approximate surface area is 127 Å². The number of nitrogens with one attached hydrogen (secondary N) is 2. The first-order valence-electron chi connectivity index (χ1n) is 6.58. The second-order valence-electron chi connectivity index (χ2n) is 5.01. The second kappa shape index (κ2) is 5.29. The van der Waals surface area contributed by atoms with Crippen molar-refractivity contribution in [2.24, 2.45) is 0 Å². The fraction of sp³-hybridized carbons (Fsp3) is 0.200. The quantitative estimate of drug-likeness (QED) is 0.774. The van der Waals surface area contributed by atoms with E-state index in [1.807, 2.05) is 25.1 Å². The molecule has 0 bridgehead atoms. The van der Waals surface area contributed by atoms with Crippen molar-refractivity contribution in [1.29, 1.82) is 0 Å². The number of hydrogen-bond acceptors (Lipinski definition) is 3. The minimum atomic E-state index is -3.41. The van der Waals surface area contributed by atoms with Gasteiger partial charge in [0.25, 0.3) is 0 Å². The molecule has 0 radical (unpaired) electrons. The molecule has 0 saturated carbocycles. The van der Waals surface area contributed by atoms with Gasteiger partial charge in [-0.25, -0.2) is 13.1 Å². The van der Waals surface area contributed by atoms with Gasteiger partial charge in [-0.3, -0.25) is 0 Å². The molecule has 2 heterocycles. The van der Waals surface area contributed by atoms with Gasteiger partial charge in [-0.2, -0.15) is 0 Å².